The van der Waals surface area contributed by atoms with Gasteiger partial charge in [-0.05, 0) is 26.2 Å². The molecule has 0 aromatic carbocycles. The Kier molecular flexibility index (Phi) is 0.974. The zero-order valence-electron chi connectivity index (χ0n) is 5.85. The third-order valence-electron chi connectivity index (χ3n) is 2.45. The molecule has 1 heteroatoms. The summed E-state index contributed by atoms with van der Waals surface area (Å²) in [6.45, 7) is 2.28. The van der Waals surface area contributed by atoms with Crippen LogP contribution in [0.2, 0.25) is 0 Å². The number of fused-ring (bicyclic) bond motifs is 2. The summed E-state index contributed by atoms with van der Waals surface area (Å²) in [6.07, 6.45) is 8.57. The Bertz CT molecular complexity index is 151. The maximum absolute atomic E-state index is 3.58. The van der Waals surface area contributed by atoms with E-state index < -0.39 is 0 Å². The van der Waals surface area contributed by atoms with Gasteiger partial charge in [-0.15, -0.1) is 0 Å². The summed E-state index contributed by atoms with van der Waals surface area (Å²) in [6, 6.07) is 0.792. The Hall–Kier alpha value is -0.300. The van der Waals surface area contributed by atoms with Crippen LogP contribution in [0.25, 0.3) is 0 Å². The fraction of sp³-hybridized carbons (Fsp3) is 0.750. The zero-order valence-corrected chi connectivity index (χ0v) is 5.85. The van der Waals surface area contributed by atoms with Crippen molar-refractivity contribution in [3.8, 4) is 0 Å². The lowest BCUT2D eigenvalue weighted by molar-refractivity contribution is 0.457. The lowest BCUT2D eigenvalue weighted by Gasteiger charge is -2.25. The summed E-state index contributed by atoms with van der Waals surface area (Å²) >= 11 is 0. The van der Waals surface area contributed by atoms with Crippen molar-refractivity contribution in [2.45, 2.75) is 37.8 Å². The van der Waals surface area contributed by atoms with Crippen LogP contribution in [0.3, 0.4) is 0 Å². The van der Waals surface area contributed by atoms with E-state index in [1.807, 2.05) is 0 Å². The molecule has 0 spiro atoms. The lowest BCUT2D eigenvalue weighted by Crippen LogP contribution is -2.40. The largest absolute Gasteiger partial charge is 0.305 e. The second-order valence-electron chi connectivity index (χ2n) is 3.44. The first-order valence-corrected chi connectivity index (χ1v) is 3.74. The summed E-state index contributed by atoms with van der Waals surface area (Å²) in [7, 11) is 0. The number of hydrogen-bond acceptors (Lipinski definition) is 1. The second kappa shape index (κ2) is 1.60. The van der Waals surface area contributed by atoms with E-state index in [-0.39, 0.29) is 0 Å². The van der Waals surface area contributed by atoms with E-state index in [0.29, 0.717) is 5.54 Å². The van der Waals surface area contributed by atoms with Crippen LogP contribution in [0.4, 0.5) is 0 Å². The van der Waals surface area contributed by atoms with Crippen molar-refractivity contribution in [1.82, 2.24) is 5.32 Å². The molecule has 2 unspecified atom stereocenters. The van der Waals surface area contributed by atoms with E-state index in [1.165, 1.54) is 19.3 Å². The molecule has 1 saturated heterocycles. The molecular weight excluding hydrogens is 110 g/mol. The molecule has 0 aliphatic carbocycles. The Balaban J connectivity index is 2.26. The molecule has 9 heavy (non-hydrogen) atoms. The van der Waals surface area contributed by atoms with E-state index in [4.69, 9.17) is 0 Å². The maximum Gasteiger partial charge on any atom is 0.0338 e. The third kappa shape index (κ3) is 0.799. The summed E-state index contributed by atoms with van der Waals surface area (Å²) < 4.78 is 0. The van der Waals surface area contributed by atoms with Crippen LogP contribution in [-0.4, -0.2) is 11.6 Å². The van der Waals surface area contributed by atoms with E-state index in [1.54, 1.807) is 0 Å². The Morgan fingerprint density at radius 3 is 3.22 bits per heavy atom. The van der Waals surface area contributed by atoms with Crippen LogP contribution in [0.15, 0.2) is 12.2 Å². The molecular formula is C8H13N. The highest BCUT2D eigenvalue weighted by Crippen LogP contribution is 2.29. The summed E-state index contributed by atoms with van der Waals surface area (Å²) in [5.74, 6) is 0. The SMILES string of the molecule is CC12C=CCC(CC1)N2. The van der Waals surface area contributed by atoms with Crippen LogP contribution in [0.1, 0.15) is 26.2 Å². The van der Waals surface area contributed by atoms with E-state index in [0.717, 1.165) is 6.04 Å². The smallest absolute Gasteiger partial charge is 0.0338 e. The highest BCUT2D eigenvalue weighted by Gasteiger charge is 2.33. The van der Waals surface area contributed by atoms with Gasteiger partial charge in [0.2, 0.25) is 0 Å². The van der Waals surface area contributed by atoms with Crippen molar-refractivity contribution in [2.75, 3.05) is 0 Å². The summed E-state index contributed by atoms with van der Waals surface area (Å²) in [5.41, 5.74) is 0.364. The quantitative estimate of drug-likeness (QED) is 0.481. The van der Waals surface area contributed by atoms with Gasteiger partial charge in [-0.1, -0.05) is 12.2 Å². The fourth-order valence-corrected chi connectivity index (χ4v) is 1.89. The first-order valence-electron chi connectivity index (χ1n) is 3.74. The molecule has 2 heterocycles. The van der Waals surface area contributed by atoms with E-state index >= 15 is 0 Å². The molecule has 2 aliphatic heterocycles. The zero-order chi connectivity index (χ0) is 6.32. The van der Waals surface area contributed by atoms with Gasteiger partial charge in [0.1, 0.15) is 0 Å². The lowest BCUT2D eigenvalue weighted by atomic mass is 10.0. The first-order chi connectivity index (χ1) is 4.29. The van der Waals surface area contributed by atoms with Gasteiger partial charge >= 0.3 is 0 Å². The normalized spacial score (nSPS) is 47.9. The Morgan fingerprint density at radius 2 is 2.56 bits per heavy atom. The molecule has 0 aromatic rings. The van der Waals surface area contributed by atoms with Crippen molar-refractivity contribution < 1.29 is 0 Å². The van der Waals surface area contributed by atoms with Crippen LogP contribution in [-0.2, 0) is 0 Å². The minimum atomic E-state index is 0.364. The predicted octanol–water partition coefficient (Wildman–Crippen LogP) is 1.46. The average molecular weight is 123 g/mol. The molecule has 1 fully saturated rings. The van der Waals surface area contributed by atoms with E-state index in [2.05, 4.69) is 24.4 Å². The van der Waals surface area contributed by atoms with Gasteiger partial charge in [-0.25, -0.2) is 0 Å². The van der Waals surface area contributed by atoms with Crippen molar-refractivity contribution in [3.05, 3.63) is 12.2 Å². The molecule has 0 saturated carbocycles. The van der Waals surface area contributed by atoms with Gasteiger partial charge in [-0.2, -0.15) is 0 Å². The maximum atomic E-state index is 3.58. The first kappa shape index (κ1) is 5.48. The molecule has 2 rings (SSSR count). The van der Waals surface area contributed by atoms with Crippen molar-refractivity contribution in [3.63, 3.8) is 0 Å². The molecule has 1 N–H and O–H groups in total. The van der Waals surface area contributed by atoms with Gasteiger partial charge in [0, 0.05) is 11.6 Å². The summed E-state index contributed by atoms with van der Waals surface area (Å²) in [5, 5.41) is 3.58. The van der Waals surface area contributed by atoms with Crippen molar-refractivity contribution >= 4 is 0 Å². The monoisotopic (exact) mass is 123 g/mol. The van der Waals surface area contributed by atoms with Crippen LogP contribution < -0.4 is 5.32 Å². The number of rotatable bonds is 0. The van der Waals surface area contributed by atoms with Gasteiger partial charge in [0.15, 0.2) is 0 Å². The van der Waals surface area contributed by atoms with Crippen molar-refractivity contribution in [2.24, 2.45) is 0 Å². The van der Waals surface area contributed by atoms with Gasteiger partial charge in [0.25, 0.3) is 0 Å². The molecule has 2 aliphatic rings. The molecule has 0 aromatic heterocycles. The van der Waals surface area contributed by atoms with Crippen LogP contribution in [0.5, 0.6) is 0 Å². The van der Waals surface area contributed by atoms with Crippen molar-refractivity contribution in [1.29, 1.82) is 0 Å². The minimum absolute atomic E-state index is 0.364. The molecule has 2 atom stereocenters. The average Bonchev–Trinajstić information content (AvgIpc) is 2.07. The molecule has 0 radical (unpaired) electrons. The number of hydrogen-bond donors (Lipinski definition) is 1. The second-order valence-corrected chi connectivity index (χ2v) is 3.44. The van der Waals surface area contributed by atoms with Gasteiger partial charge < -0.3 is 5.32 Å². The highest BCUT2D eigenvalue weighted by atomic mass is 15.0. The Morgan fingerprint density at radius 1 is 1.67 bits per heavy atom. The van der Waals surface area contributed by atoms with Gasteiger partial charge in [-0.3, -0.25) is 0 Å². The predicted molar refractivity (Wildman–Crippen MR) is 38.3 cm³/mol. The highest BCUT2D eigenvalue weighted by molar-refractivity contribution is 5.14. The minimum Gasteiger partial charge on any atom is -0.305 e. The fourth-order valence-electron chi connectivity index (χ4n) is 1.89. The van der Waals surface area contributed by atoms with Gasteiger partial charge in [0.05, 0.1) is 0 Å². The standard InChI is InChI=1S/C8H13N/c1-8-5-2-3-7(9-8)4-6-8/h2,5,7,9H,3-4,6H2,1H3. The van der Waals surface area contributed by atoms with E-state index in [9.17, 15) is 0 Å². The third-order valence-corrected chi connectivity index (χ3v) is 2.45. The summed E-state index contributed by atoms with van der Waals surface area (Å²) in [4.78, 5) is 0. The number of nitrogens with one attached hydrogen (secondary N) is 1. The topological polar surface area (TPSA) is 12.0 Å². The van der Waals surface area contributed by atoms with Crippen LogP contribution >= 0.6 is 0 Å². The molecule has 0 amide bonds. The van der Waals surface area contributed by atoms with Crippen LogP contribution in [0, 0.1) is 0 Å². The molecule has 50 valence electrons. The Labute approximate surface area is 56.1 Å². The molecule has 1 nitrogen and oxygen atoms in total. The molecule has 2 bridgehead atoms.